The van der Waals surface area contributed by atoms with Crippen LogP contribution in [0.4, 0.5) is 18.9 Å². The molecule has 2 atom stereocenters. The average molecular weight is 434 g/mol. The van der Waals surface area contributed by atoms with E-state index in [9.17, 15) is 33.4 Å². The molecule has 0 aliphatic carbocycles. The van der Waals surface area contributed by atoms with E-state index in [0.29, 0.717) is 5.39 Å². The Morgan fingerprint density at radius 2 is 1.87 bits per heavy atom. The normalized spacial score (nSPS) is 16.5. The van der Waals surface area contributed by atoms with E-state index < -0.39 is 54.8 Å². The van der Waals surface area contributed by atoms with Gasteiger partial charge in [-0.3, -0.25) is 4.79 Å². The molecule has 2 unspecified atom stereocenters. The number of hydrogen-bond donors (Lipinski definition) is 3. The van der Waals surface area contributed by atoms with Crippen LogP contribution in [0.1, 0.15) is 18.4 Å². The van der Waals surface area contributed by atoms with E-state index in [1.54, 1.807) is 12.1 Å². The Hall–Kier alpha value is -2.93. The summed E-state index contributed by atoms with van der Waals surface area (Å²) in [5.41, 5.74) is -1.90. The number of carbonyl (C=O) groups is 1. The maximum absolute atomic E-state index is 14.0. The maximum Gasteiger partial charge on any atom is 0.418 e. The first-order chi connectivity index (χ1) is 14.7. The van der Waals surface area contributed by atoms with Crippen molar-refractivity contribution >= 4 is 27.8 Å². The lowest BCUT2D eigenvalue weighted by atomic mass is 9.92. The third kappa shape index (κ3) is 5.05. The van der Waals surface area contributed by atoms with E-state index in [1.807, 2.05) is 11.0 Å². The number of nitrogens with zero attached hydrogens (tertiary/aromatic N) is 2. The highest BCUT2D eigenvalue weighted by Gasteiger charge is 2.39. The van der Waals surface area contributed by atoms with Gasteiger partial charge >= 0.3 is 6.18 Å². The minimum Gasteiger partial charge on any atom is -0.394 e. The van der Waals surface area contributed by atoms with E-state index in [2.05, 4.69) is 0 Å². The number of carbonyl (C=O) groups excluding carboxylic acids is 1. The Balaban J connectivity index is 2.04. The third-order valence-electron chi connectivity index (χ3n) is 5.16. The first kappa shape index (κ1) is 22.7. The van der Waals surface area contributed by atoms with Gasteiger partial charge in [0.15, 0.2) is 5.78 Å². The number of ketones is 1. The van der Waals surface area contributed by atoms with Crippen molar-refractivity contribution < 1.29 is 33.3 Å². The van der Waals surface area contributed by atoms with E-state index >= 15 is 0 Å². The van der Waals surface area contributed by atoms with Crippen LogP contribution in [0.2, 0.25) is 0 Å². The van der Waals surface area contributed by atoms with Crippen LogP contribution >= 0.6 is 0 Å². The van der Waals surface area contributed by atoms with Crippen LogP contribution in [0.25, 0.3) is 16.3 Å². The van der Waals surface area contributed by atoms with Gasteiger partial charge in [0.1, 0.15) is 17.7 Å². The lowest BCUT2D eigenvalue weighted by Crippen LogP contribution is -2.30. The van der Waals surface area contributed by atoms with Crippen molar-refractivity contribution in [2.45, 2.75) is 31.2 Å². The van der Waals surface area contributed by atoms with Gasteiger partial charge in [-0.1, -0.05) is 24.3 Å². The van der Waals surface area contributed by atoms with Crippen molar-refractivity contribution in [3.8, 4) is 6.07 Å². The number of nitriles is 1. The summed E-state index contributed by atoms with van der Waals surface area (Å²) in [7, 11) is 0. The van der Waals surface area contributed by atoms with Gasteiger partial charge in [-0.15, -0.1) is 0 Å². The molecule has 2 aromatic rings. The molecule has 31 heavy (non-hydrogen) atoms. The summed E-state index contributed by atoms with van der Waals surface area (Å²) >= 11 is 0. The molecule has 0 bridgehead atoms. The van der Waals surface area contributed by atoms with Crippen molar-refractivity contribution in [2.24, 2.45) is 0 Å². The van der Waals surface area contributed by atoms with Crippen molar-refractivity contribution in [1.82, 2.24) is 0 Å². The molecule has 1 aliphatic rings. The summed E-state index contributed by atoms with van der Waals surface area (Å²) in [6.07, 6.45) is -8.98. The molecule has 0 aromatic heterocycles. The molecule has 1 saturated heterocycles. The quantitative estimate of drug-likeness (QED) is 0.335. The number of alkyl halides is 3. The van der Waals surface area contributed by atoms with Crippen LogP contribution < -0.4 is 4.90 Å². The van der Waals surface area contributed by atoms with Gasteiger partial charge in [-0.05, 0) is 29.5 Å². The summed E-state index contributed by atoms with van der Waals surface area (Å²) in [5, 5.41) is 38.5. The van der Waals surface area contributed by atoms with Crippen LogP contribution in [0.5, 0.6) is 0 Å². The zero-order chi connectivity index (χ0) is 22.8. The van der Waals surface area contributed by atoms with Crippen LogP contribution in [0, 0.1) is 11.3 Å². The smallest absolute Gasteiger partial charge is 0.394 e. The molecule has 1 heterocycles. The van der Waals surface area contributed by atoms with Gasteiger partial charge in [0, 0.05) is 30.6 Å². The molecule has 0 saturated carbocycles. The van der Waals surface area contributed by atoms with E-state index in [-0.39, 0.29) is 5.56 Å². The zero-order valence-corrected chi connectivity index (χ0v) is 16.4. The molecule has 0 radical (unpaired) electrons. The summed E-state index contributed by atoms with van der Waals surface area (Å²) < 4.78 is 41.9. The minimum absolute atomic E-state index is 0.296. The largest absolute Gasteiger partial charge is 0.418 e. The molecule has 3 N–H and O–H groups in total. The maximum atomic E-state index is 14.0. The molecule has 1 aliphatic heterocycles. The van der Waals surface area contributed by atoms with E-state index in [4.69, 9.17) is 5.11 Å². The minimum atomic E-state index is -4.97. The van der Waals surface area contributed by atoms with Crippen molar-refractivity contribution in [2.75, 3.05) is 24.6 Å². The van der Waals surface area contributed by atoms with Gasteiger partial charge < -0.3 is 20.2 Å². The Labute approximate surface area is 176 Å². The molecule has 164 valence electrons. The number of anilines is 1. The predicted octanol–water partition coefficient (Wildman–Crippen LogP) is 2.56. The van der Waals surface area contributed by atoms with Crippen LogP contribution in [-0.2, 0) is 4.79 Å². The molecule has 2 aromatic carbocycles. The second-order valence-corrected chi connectivity index (χ2v) is 7.34. The topological polar surface area (TPSA) is 105 Å². The molecule has 9 heteroatoms. The highest BCUT2D eigenvalue weighted by Crippen LogP contribution is 2.40. The van der Waals surface area contributed by atoms with Gasteiger partial charge in [-0.25, -0.2) is 0 Å². The van der Waals surface area contributed by atoms with Gasteiger partial charge in [0.05, 0.1) is 18.3 Å². The molecule has 1 fully saturated rings. The number of allylic oxidation sites excluding steroid dienone is 2. The second kappa shape index (κ2) is 9.06. The molecule has 6 nitrogen and oxygen atoms in total. The van der Waals surface area contributed by atoms with Gasteiger partial charge in [0.2, 0.25) is 0 Å². The number of Topliss-reactive ketones (excluding diaryl/α,β-unsaturated/α-hetero) is 1. The van der Waals surface area contributed by atoms with E-state index in [1.165, 1.54) is 24.3 Å². The lowest BCUT2D eigenvalue weighted by molar-refractivity contribution is -0.116. The summed E-state index contributed by atoms with van der Waals surface area (Å²) in [6, 6.07) is 10.8. The molecular weight excluding hydrogens is 413 g/mol. The fourth-order valence-corrected chi connectivity index (χ4v) is 3.40. The highest BCUT2D eigenvalue weighted by atomic mass is 19.4. The third-order valence-corrected chi connectivity index (χ3v) is 5.16. The Bertz CT molecular complexity index is 1050. The van der Waals surface area contributed by atoms with E-state index in [0.717, 1.165) is 24.2 Å². The summed E-state index contributed by atoms with van der Waals surface area (Å²) in [6.45, 7) is 0.838. The first-order valence-corrected chi connectivity index (χ1v) is 9.67. The summed E-state index contributed by atoms with van der Waals surface area (Å²) in [5.74, 6) is -1.10. The fourth-order valence-electron chi connectivity index (χ4n) is 3.40. The Morgan fingerprint density at radius 3 is 2.45 bits per heavy atom. The molecule has 0 spiro atoms. The second-order valence-electron chi connectivity index (χ2n) is 7.34. The van der Waals surface area contributed by atoms with Crippen molar-refractivity contribution in [3.63, 3.8) is 0 Å². The molecule has 3 rings (SSSR count). The Kier molecular flexibility index (Phi) is 6.65. The van der Waals surface area contributed by atoms with Crippen LogP contribution in [-0.4, -0.2) is 59.2 Å². The summed E-state index contributed by atoms with van der Waals surface area (Å²) in [4.78, 5) is 14.4. The Morgan fingerprint density at radius 1 is 1.16 bits per heavy atom. The number of hydrogen-bond acceptors (Lipinski definition) is 6. The predicted molar refractivity (Wildman–Crippen MR) is 108 cm³/mol. The fraction of sp³-hybridized carbons (Fsp3) is 0.364. The number of halogens is 3. The van der Waals surface area contributed by atoms with Crippen LogP contribution in [0.15, 0.2) is 42.0 Å². The molecule has 0 amide bonds. The number of rotatable bonds is 8. The molecular formula is C22H21F3N2O4. The standard InChI is InChI=1S/C22H21F3N2O4/c23-22(24,25)21(16(11-26)18(29)6-7-19(30)20(31)12-28)14-5-4-13-2-1-3-17(15(13)10-14)27-8-9-27/h1-5,10,19-20,28,30-31H,6-9,12H2/b21-16-. The SMILES string of the molecule is N#C/C(C(=O)CCC(O)C(O)CO)=C(\c1ccc2cccc(N3CC3)c2c1)C(F)(F)F. The van der Waals surface area contributed by atoms with Crippen molar-refractivity contribution in [3.05, 3.63) is 47.5 Å². The van der Waals surface area contributed by atoms with Crippen LogP contribution in [0.3, 0.4) is 0 Å². The zero-order valence-electron chi connectivity index (χ0n) is 16.4. The average Bonchev–Trinajstić information content (AvgIpc) is 3.58. The monoisotopic (exact) mass is 434 g/mol. The highest BCUT2D eigenvalue weighted by molar-refractivity contribution is 6.08. The lowest BCUT2D eigenvalue weighted by Gasteiger charge is -2.17. The number of aliphatic hydroxyl groups excluding tert-OH is 3. The number of benzene rings is 2. The number of aliphatic hydroxyl groups is 3. The van der Waals surface area contributed by atoms with Crippen molar-refractivity contribution in [1.29, 1.82) is 5.26 Å². The van der Waals surface area contributed by atoms with Gasteiger partial charge in [-0.2, -0.15) is 18.4 Å². The first-order valence-electron chi connectivity index (χ1n) is 9.67. The number of fused-ring (bicyclic) bond motifs is 1. The van der Waals surface area contributed by atoms with Gasteiger partial charge in [0.25, 0.3) is 0 Å².